The Hall–Kier alpha value is 0.140. The van der Waals surface area contributed by atoms with E-state index in [1.54, 1.807) is 0 Å². The number of nitrogens with zero attached hydrogens (tertiary/aromatic N) is 1. The average molecular weight is 349 g/mol. The standard InChI is InChI=1S/C14H19BrClNS/c1-14(2)6-7-17(8-9-18-14)13-11(10-15)4-3-5-12(13)16/h3-5H,6-10H2,1-2H3. The fourth-order valence-corrected chi connectivity index (χ4v) is 4.13. The summed E-state index contributed by atoms with van der Waals surface area (Å²) in [6, 6.07) is 6.17. The Morgan fingerprint density at radius 3 is 2.89 bits per heavy atom. The number of hydrogen-bond donors (Lipinski definition) is 0. The van der Waals surface area contributed by atoms with Gasteiger partial charge in [0.25, 0.3) is 0 Å². The van der Waals surface area contributed by atoms with Crippen molar-refractivity contribution in [1.82, 2.24) is 0 Å². The molecule has 1 aliphatic rings. The molecule has 0 aliphatic carbocycles. The minimum absolute atomic E-state index is 0.380. The molecule has 0 aromatic heterocycles. The maximum atomic E-state index is 6.40. The van der Waals surface area contributed by atoms with Crippen molar-refractivity contribution in [1.29, 1.82) is 0 Å². The Morgan fingerprint density at radius 2 is 2.17 bits per heavy atom. The van der Waals surface area contributed by atoms with E-state index in [-0.39, 0.29) is 0 Å². The van der Waals surface area contributed by atoms with Crippen LogP contribution in [0.25, 0.3) is 0 Å². The van der Waals surface area contributed by atoms with Crippen LogP contribution < -0.4 is 4.90 Å². The van der Waals surface area contributed by atoms with Crippen LogP contribution in [-0.2, 0) is 5.33 Å². The van der Waals surface area contributed by atoms with E-state index >= 15 is 0 Å². The molecule has 0 amide bonds. The van der Waals surface area contributed by atoms with E-state index in [1.165, 1.54) is 23.4 Å². The molecule has 1 fully saturated rings. The fraction of sp³-hybridized carbons (Fsp3) is 0.571. The van der Waals surface area contributed by atoms with Gasteiger partial charge in [-0.2, -0.15) is 11.8 Å². The molecule has 0 spiro atoms. The summed E-state index contributed by atoms with van der Waals surface area (Å²) in [7, 11) is 0. The lowest BCUT2D eigenvalue weighted by molar-refractivity contribution is 0.637. The molecule has 1 saturated heterocycles. The van der Waals surface area contributed by atoms with Crippen molar-refractivity contribution in [2.24, 2.45) is 0 Å². The third kappa shape index (κ3) is 3.37. The van der Waals surface area contributed by atoms with Gasteiger partial charge in [0, 0.05) is 28.9 Å². The SMILES string of the molecule is CC1(C)CCN(c2c(Cl)cccc2CBr)CCS1. The van der Waals surface area contributed by atoms with Gasteiger partial charge < -0.3 is 4.90 Å². The second kappa shape index (κ2) is 6.06. The third-order valence-corrected chi connectivity index (χ3v) is 5.65. The number of rotatable bonds is 2. The lowest BCUT2D eigenvalue weighted by atomic mass is 10.1. The van der Waals surface area contributed by atoms with Crippen LogP contribution in [0, 0.1) is 0 Å². The minimum Gasteiger partial charge on any atom is -0.369 e. The summed E-state index contributed by atoms with van der Waals surface area (Å²) >= 11 is 12.0. The van der Waals surface area contributed by atoms with Gasteiger partial charge in [0.05, 0.1) is 10.7 Å². The summed E-state index contributed by atoms with van der Waals surface area (Å²) in [6.45, 7) is 6.83. The van der Waals surface area contributed by atoms with Crippen LogP contribution >= 0.6 is 39.3 Å². The Kier molecular flexibility index (Phi) is 4.90. The van der Waals surface area contributed by atoms with Gasteiger partial charge in [0.2, 0.25) is 0 Å². The number of thioether (sulfide) groups is 1. The zero-order valence-corrected chi connectivity index (χ0v) is 14.0. The van der Waals surface area contributed by atoms with Gasteiger partial charge in [-0.05, 0) is 18.1 Å². The van der Waals surface area contributed by atoms with Crippen LogP contribution in [-0.4, -0.2) is 23.6 Å². The molecule has 0 radical (unpaired) electrons. The van der Waals surface area contributed by atoms with Crippen LogP contribution in [0.4, 0.5) is 5.69 Å². The Labute approximate surface area is 127 Å². The number of alkyl halides is 1. The normalized spacial score (nSPS) is 19.7. The summed E-state index contributed by atoms with van der Waals surface area (Å²) in [6.07, 6.45) is 1.20. The molecule has 2 rings (SSSR count). The second-order valence-electron chi connectivity index (χ2n) is 5.23. The van der Waals surface area contributed by atoms with E-state index < -0.39 is 0 Å². The topological polar surface area (TPSA) is 3.24 Å². The van der Waals surface area contributed by atoms with E-state index in [1.807, 2.05) is 12.1 Å². The Morgan fingerprint density at radius 1 is 1.39 bits per heavy atom. The van der Waals surface area contributed by atoms with Gasteiger partial charge >= 0.3 is 0 Å². The van der Waals surface area contributed by atoms with Crippen molar-refractivity contribution < 1.29 is 0 Å². The highest BCUT2D eigenvalue weighted by atomic mass is 79.9. The van der Waals surface area contributed by atoms with Crippen LogP contribution in [0.5, 0.6) is 0 Å². The summed E-state index contributed by atoms with van der Waals surface area (Å²) < 4.78 is 0.380. The van der Waals surface area contributed by atoms with Crippen molar-refractivity contribution in [3.8, 4) is 0 Å². The largest absolute Gasteiger partial charge is 0.369 e. The highest BCUT2D eigenvalue weighted by Crippen LogP contribution is 2.36. The number of anilines is 1. The highest BCUT2D eigenvalue weighted by Gasteiger charge is 2.25. The van der Waals surface area contributed by atoms with E-state index in [0.717, 1.165) is 23.4 Å². The molecule has 100 valence electrons. The summed E-state index contributed by atoms with van der Waals surface area (Å²) in [5.41, 5.74) is 2.50. The molecule has 1 aromatic rings. The molecule has 0 N–H and O–H groups in total. The lowest BCUT2D eigenvalue weighted by Gasteiger charge is -2.27. The maximum Gasteiger partial charge on any atom is 0.0642 e. The van der Waals surface area contributed by atoms with Gasteiger partial charge in [-0.25, -0.2) is 0 Å². The van der Waals surface area contributed by atoms with Gasteiger partial charge in [0.1, 0.15) is 0 Å². The summed E-state index contributed by atoms with van der Waals surface area (Å²) in [5, 5.41) is 1.73. The number of halogens is 2. The van der Waals surface area contributed by atoms with Crippen molar-refractivity contribution >= 4 is 45.0 Å². The second-order valence-corrected chi connectivity index (χ2v) is 8.00. The van der Waals surface area contributed by atoms with Gasteiger partial charge in [-0.3, -0.25) is 0 Å². The van der Waals surface area contributed by atoms with Gasteiger partial charge in [-0.15, -0.1) is 0 Å². The van der Waals surface area contributed by atoms with E-state index in [2.05, 4.69) is 52.5 Å². The molecular weight excluding hydrogens is 330 g/mol. The first-order valence-corrected chi connectivity index (χ1v) is 8.74. The maximum absolute atomic E-state index is 6.40. The quantitative estimate of drug-likeness (QED) is 0.695. The molecule has 0 atom stereocenters. The smallest absolute Gasteiger partial charge is 0.0642 e. The number of benzene rings is 1. The molecule has 1 aromatic carbocycles. The van der Waals surface area contributed by atoms with E-state index in [0.29, 0.717) is 4.75 Å². The predicted molar refractivity (Wildman–Crippen MR) is 87.5 cm³/mol. The Balaban J connectivity index is 2.26. The van der Waals surface area contributed by atoms with Crippen LogP contribution in [0.3, 0.4) is 0 Å². The molecular formula is C14H19BrClNS. The van der Waals surface area contributed by atoms with Crippen LogP contribution in [0.1, 0.15) is 25.8 Å². The monoisotopic (exact) mass is 347 g/mol. The molecule has 0 unspecified atom stereocenters. The van der Waals surface area contributed by atoms with Crippen molar-refractivity contribution in [2.75, 3.05) is 23.7 Å². The van der Waals surface area contributed by atoms with Crippen molar-refractivity contribution in [3.05, 3.63) is 28.8 Å². The first-order valence-electron chi connectivity index (χ1n) is 6.26. The number of hydrogen-bond acceptors (Lipinski definition) is 2. The summed E-state index contributed by atoms with van der Waals surface area (Å²) in [5.74, 6) is 1.17. The first-order chi connectivity index (χ1) is 8.53. The van der Waals surface area contributed by atoms with Crippen molar-refractivity contribution in [2.45, 2.75) is 30.3 Å². The lowest BCUT2D eigenvalue weighted by Crippen LogP contribution is -2.28. The molecule has 1 aliphatic heterocycles. The third-order valence-electron chi connectivity index (χ3n) is 3.37. The van der Waals surface area contributed by atoms with Crippen LogP contribution in [0.2, 0.25) is 5.02 Å². The van der Waals surface area contributed by atoms with Crippen LogP contribution in [0.15, 0.2) is 18.2 Å². The Bertz CT molecular complexity index is 422. The molecule has 18 heavy (non-hydrogen) atoms. The number of para-hydroxylation sites is 1. The van der Waals surface area contributed by atoms with Gasteiger partial charge in [-0.1, -0.05) is 53.5 Å². The minimum atomic E-state index is 0.380. The van der Waals surface area contributed by atoms with Gasteiger partial charge in [0.15, 0.2) is 0 Å². The van der Waals surface area contributed by atoms with E-state index in [9.17, 15) is 0 Å². The zero-order valence-electron chi connectivity index (χ0n) is 10.9. The van der Waals surface area contributed by atoms with Crippen molar-refractivity contribution in [3.63, 3.8) is 0 Å². The molecule has 4 heteroatoms. The molecule has 1 heterocycles. The highest BCUT2D eigenvalue weighted by molar-refractivity contribution is 9.08. The van der Waals surface area contributed by atoms with E-state index in [4.69, 9.17) is 11.6 Å². The molecule has 1 nitrogen and oxygen atoms in total. The zero-order chi connectivity index (χ0) is 13.2. The average Bonchev–Trinajstić information content (AvgIpc) is 2.50. The molecule has 0 saturated carbocycles. The molecule has 0 bridgehead atoms. The first kappa shape index (κ1) is 14.5. The summed E-state index contributed by atoms with van der Waals surface area (Å²) in [4.78, 5) is 2.45. The predicted octanol–water partition coefficient (Wildman–Crippen LogP) is 4.96. The fourth-order valence-electron chi connectivity index (χ4n) is 2.27.